The van der Waals surface area contributed by atoms with Crippen molar-refractivity contribution < 1.29 is 0 Å². The fourth-order valence-corrected chi connectivity index (χ4v) is 2.18. The molecule has 0 saturated heterocycles. The Morgan fingerprint density at radius 2 is 1.79 bits per heavy atom. The topological polar surface area (TPSA) is 29.9 Å². The van der Waals surface area contributed by atoms with Crippen LogP contribution in [-0.2, 0) is 19.0 Å². The first-order chi connectivity index (χ1) is 8.93. The van der Waals surface area contributed by atoms with Gasteiger partial charge in [-0.25, -0.2) is 4.98 Å². The van der Waals surface area contributed by atoms with Gasteiger partial charge in [0.05, 0.1) is 18.4 Å². The van der Waals surface area contributed by atoms with E-state index in [4.69, 9.17) is 0 Å². The Labute approximate surface area is 115 Å². The Bertz CT molecular complexity index is 544. The lowest BCUT2D eigenvalue weighted by atomic mass is 9.86. The van der Waals surface area contributed by atoms with Crippen LogP contribution in [0.1, 0.15) is 32.2 Å². The summed E-state index contributed by atoms with van der Waals surface area (Å²) in [5.74, 6) is 1.05. The van der Waals surface area contributed by atoms with Crippen molar-refractivity contribution in [2.45, 2.75) is 32.7 Å². The molecule has 0 unspecified atom stereocenters. The van der Waals surface area contributed by atoms with Gasteiger partial charge < -0.3 is 9.88 Å². The second-order valence-electron chi connectivity index (χ2n) is 5.98. The van der Waals surface area contributed by atoms with Gasteiger partial charge in [-0.15, -0.1) is 0 Å². The first kappa shape index (κ1) is 13.8. The number of benzene rings is 1. The maximum Gasteiger partial charge on any atom is 0.122 e. The van der Waals surface area contributed by atoms with E-state index in [0.29, 0.717) is 0 Å². The van der Waals surface area contributed by atoms with Crippen LogP contribution in [0, 0.1) is 0 Å². The first-order valence-corrected chi connectivity index (χ1v) is 6.69. The van der Waals surface area contributed by atoms with E-state index in [9.17, 15) is 0 Å². The van der Waals surface area contributed by atoms with Crippen molar-refractivity contribution in [3.8, 4) is 11.3 Å². The van der Waals surface area contributed by atoms with E-state index < -0.39 is 0 Å². The van der Waals surface area contributed by atoms with Crippen LogP contribution in [0.4, 0.5) is 0 Å². The fourth-order valence-electron chi connectivity index (χ4n) is 2.18. The molecule has 1 N–H and O–H groups in total. The zero-order valence-corrected chi connectivity index (χ0v) is 12.5. The Morgan fingerprint density at radius 3 is 2.32 bits per heavy atom. The minimum absolute atomic E-state index is 0.197. The van der Waals surface area contributed by atoms with Crippen molar-refractivity contribution in [3.05, 3.63) is 41.9 Å². The molecule has 0 atom stereocenters. The molecule has 0 radical (unpaired) electrons. The van der Waals surface area contributed by atoms with Crippen LogP contribution < -0.4 is 5.32 Å². The van der Waals surface area contributed by atoms with Gasteiger partial charge in [-0.05, 0) is 23.6 Å². The van der Waals surface area contributed by atoms with Crippen molar-refractivity contribution in [2.24, 2.45) is 7.05 Å². The van der Waals surface area contributed by atoms with E-state index in [2.05, 4.69) is 67.0 Å². The van der Waals surface area contributed by atoms with E-state index in [-0.39, 0.29) is 5.41 Å². The van der Waals surface area contributed by atoms with Crippen LogP contribution in [-0.4, -0.2) is 16.6 Å². The number of aromatic nitrogens is 2. The van der Waals surface area contributed by atoms with Crippen LogP contribution in [0.2, 0.25) is 0 Å². The third-order valence-corrected chi connectivity index (χ3v) is 3.47. The monoisotopic (exact) mass is 257 g/mol. The zero-order chi connectivity index (χ0) is 14.0. The number of hydrogen-bond donors (Lipinski definition) is 1. The van der Waals surface area contributed by atoms with Gasteiger partial charge in [0.25, 0.3) is 0 Å². The Kier molecular flexibility index (Phi) is 3.76. The molecule has 0 aliphatic rings. The van der Waals surface area contributed by atoms with Gasteiger partial charge >= 0.3 is 0 Å². The molecule has 1 aromatic heterocycles. The molecular weight excluding hydrogens is 234 g/mol. The lowest BCUT2D eigenvalue weighted by molar-refractivity contribution is 0.590. The second-order valence-corrected chi connectivity index (χ2v) is 5.98. The van der Waals surface area contributed by atoms with Crippen LogP contribution in [0.25, 0.3) is 11.3 Å². The van der Waals surface area contributed by atoms with Crippen molar-refractivity contribution >= 4 is 0 Å². The van der Waals surface area contributed by atoms with Crippen molar-refractivity contribution in [2.75, 3.05) is 7.05 Å². The molecule has 0 aliphatic carbocycles. The number of rotatable bonds is 3. The summed E-state index contributed by atoms with van der Waals surface area (Å²) in [7, 11) is 4.00. The summed E-state index contributed by atoms with van der Waals surface area (Å²) in [5, 5.41) is 3.14. The molecule has 19 heavy (non-hydrogen) atoms. The molecule has 0 spiro atoms. The summed E-state index contributed by atoms with van der Waals surface area (Å²) in [6.07, 6.45) is 1.94. The quantitative estimate of drug-likeness (QED) is 0.915. The minimum Gasteiger partial charge on any atom is -0.330 e. The molecule has 0 fully saturated rings. The largest absolute Gasteiger partial charge is 0.330 e. The molecule has 0 saturated carbocycles. The Morgan fingerprint density at radius 1 is 1.16 bits per heavy atom. The number of nitrogens with one attached hydrogen (secondary N) is 1. The van der Waals surface area contributed by atoms with E-state index in [1.54, 1.807) is 0 Å². The molecule has 0 bridgehead atoms. The minimum atomic E-state index is 0.197. The fraction of sp³-hybridized carbons (Fsp3) is 0.438. The van der Waals surface area contributed by atoms with Gasteiger partial charge in [0.15, 0.2) is 0 Å². The highest BCUT2D eigenvalue weighted by atomic mass is 15.1. The maximum absolute atomic E-state index is 4.45. The predicted octanol–water partition coefficient (Wildman–Crippen LogP) is 3.10. The predicted molar refractivity (Wildman–Crippen MR) is 80.1 cm³/mol. The van der Waals surface area contributed by atoms with Gasteiger partial charge in [-0.2, -0.15) is 0 Å². The Hall–Kier alpha value is -1.61. The highest BCUT2D eigenvalue weighted by molar-refractivity contribution is 5.60. The summed E-state index contributed by atoms with van der Waals surface area (Å²) in [5.41, 5.74) is 3.92. The summed E-state index contributed by atoms with van der Waals surface area (Å²) in [6.45, 7) is 7.49. The standard InChI is InChI=1S/C16H23N3/c1-16(2,3)13-8-6-12(7-9-13)14-10-18-15(11-17-4)19(14)5/h6-10,17H,11H2,1-5H3. The molecule has 1 heterocycles. The van der Waals surface area contributed by atoms with E-state index in [1.165, 1.54) is 11.1 Å². The van der Waals surface area contributed by atoms with Crippen molar-refractivity contribution in [3.63, 3.8) is 0 Å². The molecule has 3 heteroatoms. The van der Waals surface area contributed by atoms with Crippen molar-refractivity contribution in [1.29, 1.82) is 0 Å². The smallest absolute Gasteiger partial charge is 0.122 e. The lowest BCUT2D eigenvalue weighted by Gasteiger charge is -2.19. The highest BCUT2D eigenvalue weighted by Crippen LogP contribution is 2.26. The molecule has 3 nitrogen and oxygen atoms in total. The average molecular weight is 257 g/mol. The summed E-state index contributed by atoms with van der Waals surface area (Å²) >= 11 is 0. The SMILES string of the molecule is CNCc1ncc(-c2ccc(C(C)(C)C)cc2)n1C. The molecule has 0 aliphatic heterocycles. The maximum atomic E-state index is 4.45. The third kappa shape index (κ3) is 2.87. The summed E-state index contributed by atoms with van der Waals surface area (Å²) in [6, 6.07) is 8.78. The third-order valence-electron chi connectivity index (χ3n) is 3.47. The van der Waals surface area contributed by atoms with Crippen LogP contribution in [0.3, 0.4) is 0 Å². The van der Waals surface area contributed by atoms with Gasteiger partial charge in [-0.3, -0.25) is 0 Å². The highest BCUT2D eigenvalue weighted by Gasteiger charge is 2.14. The van der Waals surface area contributed by atoms with Gasteiger partial charge in [0, 0.05) is 7.05 Å². The zero-order valence-electron chi connectivity index (χ0n) is 12.5. The van der Waals surface area contributed by atoms with Crippen molar-refractivity contribution in [1.82, 2.24) is 14.9 Å². The molecular formula is C16H23N3. The van der Waals surface area contributed by atoms with E-state index in [0.717, 1.165) is 18.1 Å². The van der Waals surface area contributed by atoms with Crippen LogP contribution >= 0.6 is 0 Å². The second kappa shape index (κ2) is 5.17. The van der Waals surface area contributed by atoms with Crippen LogP contribution in [0.15, 0.2) is 30.5 Å². The molecule has 1 aromatic carbocycles. The van der Waals surface area contributed by atoms with Crippen LogP contribution in [0.5, 0.6) is 0 Å². The first-order valence-electron chi connectivity index (χ1n) is 6.69. The Balaban J connectivity index is 2.32. The number of hydrogen-bond acceptors (Lipinski definition) is 2. The van der Waals surface area contributed by atoms with Gasteiger partial charge in [-0.1, -0.05) is 45.0 Å². The number of nitrogens with zero attached hydrogens (tertiary/aromatic N) is 2. The van der Waals surface area contributed by atoms with Gasteiger partial charge in [0.1, 0.15) is 5.82 Å². The molecule has 2 aromatic rings. The lowest BCUT2D eigenvalue weighted by Crippen LogP contribution is -2.11. The van der Waals surface area contributed by atoms with E-state index >= 15 is 0 Å². The molecule has 2 rings (SSSR count). The molecule has 0 amide bonds. The average Bonchev–Trinajstić information content (AvgIpc) is 2.71. The summed E-state index contributed by atoms with van der Waals surface area (Å²) < 4.78 is 2.14. The van der Waals surface area contributed by atoms with Gasteiger partial charge in [0.2, 0.25) is 0 Å². The summed E-state index contributed by atoms with van der Waals surface area (Å²) in [4.78, 5) is 4.45. The normalized spacial score (nSPS) is 11.8. The van der Waals surface area contributed by atoms with E-state index in [1.807, 2.05) is 13.2 Å². The molecule has 102 valence electrons. The number of imidazole rings is 1.